The second-order valence-corrected chi connectivity index (χ2v) is 13.3. The van der Waals surface area contributed by atoms with Crippen molar-refractivity contribution >= 4 is 47.2 Å². The molecule has 8 heteroatoms. The Kier molecular flexibility index (Phi) is 9.64. The van der Waals surface area contributed by atoms with Crippen LogP contribution in [0.2, 0.25) is 5.02 Å². The zero-order chi connectivity index (χ0) is 24.8. The van der Waals surface area contributed by atoms with Gasteiger partial charge in [0.1, 0.15) is 4.88 Å². The zero-order valence-electron chi connectivity index (χ0n) is 20.1. The first kappa shape index (κ1) is 27.5. The van der Waals surface area contributed by atoms with Gasteiger partial charge >= 0.3 is 5.97 Å². The van der Waals surface area contributed by atoms with Crippen LogP contribution in [0.15, 0.2) is 30.3 Å². The minimum absolute atomic E-state index is 0.140. The lowest BCUT2D eigenvalue weighted by molar-refractivity contribution is 0.0703. The average molecular weight is 510 g/mol. The summed E-state index contributed by atoms with van der Waals surface area (Å²) in [5, 5.41) is 11.2. The van der Waals surface area contributed by atoms with Gasteiger partial charge in [0.2, 0.25) is 7.29 Å². The van der Waals surface area contributed by atoms with Crippen LogP contribution < -0.4 is 9.97 Å². The van der Waals surface area contributed by atoms with Gasteiger partial charge in [-0.15, -0.1) is 11.3 Å². The van der Waals surface area contributed by atoms with Crippen LogP contribution in [0.3, 0.4) is 0 Å². The maximum atomic E-state index is 14.7. The first-order valence-electron chi connectivity index (χ1n) is 11.0. The van der Waals surface area contributed by atoms with Crippen molar-refractivity contribution in [1.29, 1.82) is 0 Å². The van der Waals surface area contributed by atoms with Crippen molar-refractivity contribution in [2.75, 3.05) is 24.0 Å². The van der Waals surface area contributed by atoms with Gasteiger partial charge in [-0.25, -0.2) is 4.79 Å². The number of rotatable bonds is 10. The number of ether oxygens (including phenoxy) is 1. The minimum atomic E-state index is -3.23. The SMILES string of the molecule is CCOCCCP(=O)(c1ccc(Cl)cc1)N(c1cc(C#CC(C)(C)C)sc1C(=O)O)C(C)C. The Balaban J connectivity index is 2.66. The Morgan fingerprint density at radius 1 is 1.27 bits per heavy atom. The van der Waals surface area contributed by atoms with Crippen LogP contribution in [0, 0.1) is 17.3 Å². The standard InChI is InChI=1S/C25H33ClNO4PS/c1-7-31-15-8-16-32(30,20-11-9-19(26)10-12-20)27(18(2)3)22-17-21(13-14-25(4,5)6)33-23(22)24(28)29/h9-12,17-18H,7-8,15-16H2,1-6H3,(H,28,29). The van der Waals surface area contributed by atoms with Crippen molar-refractivity contribution in [2.24, 2.45) is 5.41 Å². The summed E-state index contributed by atoms with van der Waals surface area (Å²) in [4.78, 5) is 13.0. The van der Waals surface area contributed by atoms with Crippen LogP contribution in [0.5, 0.6) is 0 Å². The number of hydrogen-bond donors (Lipinski definition) is 1. The number of carboxylic acid groups (broad SMARTS) is 1. The number of carbonyl (C=O) groups is 1. The first-order valence-corrected chi connectivity index (χ1v) is 14.1. The fourth-order valence-electron chi connectivity index (χ4n) is 3.40. The molecule has 1 N–H and O–H groups in total. The summed E-state index contributed by atoms with van der Waals surface area (Å²) in [6.45, 7) is 12.8. The molecule has 2 rings (SSSR count). The largest absolute Gasteiger partial charge is 0.477 e. The molecule has 0 radical (unpaired) electrons. The number of benzene rings is 1. The van der Waals surface area contributed by atoms with Gasteiger partial charge in [0.15, 0.2) is 0 Å². The highest BCUT2D eigenvalue weighted by molar-refractivity contribution is 7.73. The first-order chi connectivity index (χ1) is 15.4. The van der Waals surface area contributed by atoms with Gasteiger partial charge in [-0.2, -0.15) is 0 Å². The zero-order valence-corrected chi connectivity index (χ0v) is 22.6. The van der Waals surface area contributed by atoms with Crippen LogP contribution in [-0.4, -0.2) is 36.5 Å². The Morgan fingerprint density at radius 3 is 2.42 bits per heavy atom. The van der Waals surface area contributed by atoms with E-state index in [0.29, 0.717) is 46.7 Å². The molecule has 33 heavy (non-hydrogen) atoms. The van der Waals surface area contributed by atoms with Gasteiger partial charge in [-0.1, -0.05) is 23.4 Å². The lowest BCUT2D eigenvalue weighted by Crippen LogP contribution is -2.34. The van der Waals surface area contributed by atoms with E-state index in [2.05, 4.69) is 11.8 Å². The molecule has 0 fully saturated rings. The van der Waals surface area contributed by atoms with E-state index in [4.69, 9.17) is 16.3 Å². The van der Waals surface area contributed by atoms with Crippen molar-refractivity contribution < 1.29 is 19.2 Å². The number of halogens is 1. The van der Waals surface area contributed by atoms with E-state index >= 15 is 0 Å². The molecule has 0 saturated carbocycles. The van der Waals surface area contributed by atoms with Crippen LogP contribution in [0.1, 0.15) is 62.5 Å². The van der Waals surface area contributed by atoms with Crippen LogP contribution in [-0.2, 0) is 9.30 Å². The third-order valence-electron chi connectivity index (χ3n) is 4.74. The smallest absolute Gasteiger partial charge is 0.348 e. The topological polar surface area (TPSA) is 66.8 Å². The van der Waals surface area contributed by atoms with Crippen LogP contribution in [0.25, 0.3) is 0 Å². The van der Waals surface area contributed by atoms with E-state index in [9.17, 15) is 14.5 Å². The number of carboxylic acids is 1. The predicted molar refractivity (Wildman–Crippen MR) is 140 cm³/mol. The van der Waals surface area contributed by atoms with Gasteiger partial charge in [-0.3, -0.25) is 4.57 Å². The van der Waals surface area contributed by atoms with E-state index in [-0.39, 0.29) is 16.3 Å². The maximum absolute atomic E-state index is 14.7. The minimum Gasteiger partial charge on any atom is -0.477 e. The van der Waals surface area contributed by atoms with E-state index in [1.807, 2.05) is 41.5 Å². The molecule has 0 bridgehead atoms. The monoisotopic (exact) mass is 509 g/mol. The Labute approximate surface area is 206 Å². The molecule has 1 heterocycles. The van der Waals surface area contributed by atoms with Gasteiger partial charge in [0, 0.05) is 41.2 Å². The molecule has 0 aliphatic heterocycles. The lowest BCUT2D eigenvalue weighted by Gasteiger charge is -2.37. The molecule has 180 valence electrons. The van der Waals surface area contributed by atoms with Crippen molar-refractivity contribution in [3.63, 3.8) is 0 Å². The maximum Gasteiger partial charge on any atom is 0.348 e. The van der Waals surface area contributed by atoms with E-state index in [1.165, 1.54) is 0 Å². The number of thiophene rings is 1. The normalized spacial score (nSPS) is 13.3. The summed E-state index contributed by atoms with van der Waals surface area (Å²) in [6, 6.07) is 8.53. The molecule has 1 aromatic heterocycles. The molecule has 0 aliphatic rings. The van der Waals surface area contributed by atoms with Gasteiger partial charge < -0.3 is 14.5 Å². The van der Waals surface area contributed by atoms with E-state index < -0.39 is 13.3 Å². The van der Waals surface area contributed by atoms with Crippen molar-refractivity contribution in [2.45, 2.75) is 54.0 Å². The molecule has 0 spiro atoms. The molecule has 0 aliphatic carbocycles. The fraction of sp³-hybridized carbons (Fsp3) is 0.480. The number of aromatic carboxylic acids is 1. The quantitative estimate of drug-likeness (QED) is 0.218. The van der Waals surface area contributed by atoms with Crippen LogP contribution in [0.4, 0.5) is 5.69 Å². The highest BCUT2D eigenvalue weighted by Crippen LogP contribution is 2.54. The average Bonchev–Trinajstić information content (AvgIpc) is 3.13. The Bertz CT molecular complexity index is 1060. The molecule has 1 unspecified atom stereocenters. The molecule has 1 atom stereocenters. The number of anilines is 1. The Morgan fingerprint density at radius 2 is 1.91 bits per heavy atom. The third kappa shape index (κ3) is 7.36. The van der Waals surface area contributed by atoms with Crippen molar-refractivity contribution in [1.82, 2.24) is 0 Å². The molecule has 2 aromatic rings. The summed E-state index contributed by atoms with van der Waals surface area (Å²) in [7, 11) is -3.23. The molecule has 5 nitrogen and oxygen atoms in total. The summed E-state index contributed by atoms with van der Waals surface area (Å²) in [5.41, 5.74) is 0.221. The van der Waals surface area contributed by atoms with Crippen molar-refractivity contribution in [3.8, 4) is 11.8 Å². The van der Waals surface area contributed by atoms with Crippen LogP contribution >= 0.6 is 30.2 Å². The molecular weight excluding hydrogens is 477 g/mol. The third-order valence-corrected chi connectivity index (χ3v) is 9.42. The van der Waals surface area contributed by atoms with E-state index in [1.54, 1.807) is 35.0 Å². The molecular formula is C25H33ClNO4PS. The summed E-state index contributed by atoms with van der Waals surface area (Å²) in [5.74, 6) is 5.21. The summed E-state index contributed by atoms with van der Waals surface area (Å²) in [6.07, 6.45) is 0.935. The molecule has 1 aromatic carbocycles. The summed E-state index contributed by atoms with van der Waals surface area (Å²) >= 11 is 7.21. The van der Waals surface area contributed by atoms with Crippen molar-refractivity contribution in [3.05, 3.63) is 45.1 Å². The fourth-order valence-corrected chi connectivity index (χ4v) is 7.58. The second-order valence-electron chi connectivity index (χ2n) is 9.02. The number of nitrogens with zero attached hydrogens (tertiary/aromatic N) is 1. The predicted octanol–water partition coefficient (Wildman–Crippen LogP) is 6.74. The Hall–Kier alpha value is -1.77. The summed E-state index contributed by atoms with van der Waals surface area (Å²) < 4.78 is 22.0. The second kappa shape index (κ2) is 11.6. The molecule has 0 saturated heterocycles. The van der Waals surface area contributed by atoms with Gasteiger partial charge in [-0.05, 0) is 78.3 Å². The van der Waals surface area contributed by atoms with Gasteiger partial charge in [0.25, 0.3) is 0 Å². The van der Waals surface area contributed by atoms with E-state index in [0.717, 1.165) is 11.3 Å². The van der Waals surface area contributed by atoms with Gasteiger partial charge in [0.05, 0.1) is 10.6 Å². The lowest BCUT2D eigenvalue weighted by atomic mass is 9.98. The highest BCUT2D eigenvalue weighted by atomic mass is 35.5. The number of hydrogen-bond acceptors (Lipinski definition) is 4. The highest BCUT2D eigenvalue weighted by Gasteiger charge is 2.37. The molecule has 0 amide bonds.